The molecule has 22 heteroatoms. The van der Waals surface area contributed by atoms with E-state index in [1.54, 1.807) is 13.8 Å². The van der Waals surface area contributed by atoms with Gasteiger partial charge in [0.15, 0.2) is 6.10 Å². The second-order valence-corrected chi connectivity index (χ2v) is 13.3. The molecule has 1 rings (SSSR count). The van der Waals surface area contributed by atoms with E-state index in [9.17, 15) is 53.3 Å². The summed E-state index contributed by atoms with van der Waals surface area (Å²) in [6.07, 6.45) is -17.3. The van der Waals surface area contributed by atoms with E-state index in [2.05, 4.69) is 132 Å². The van der Waals surface area contributed by atoms with Crippen molar-refractivity contribution in [2.24, 2.45) is 0 Å². The Bertz CT molecular complexity index is 2390. The molecule has 0 amide bonds. The van der Waals surface area contributed by atoms with Crippen LogP contribution in [0.2, 0.25) is 0 Å². The predicted octanol–water partition coefficient (Wildman–Crippen LogP) is -2.93. The molecule has 0 saturated heterocycles. The van der Waals surface area contributed by atoms with Crippen molar-refractivity contribution in [2.45, 2.75) is 56.6 Å². The van der Waals surface area contributed by atoms with Crippen LogP contribution in [0.1, 0.15) is 13.8 Å². The standard InChI is InChI=1S/C35H25O19P3/c1-3-5-7-9-11-13-14-16-18-20-22-24-29(37)51-27(25-49-28(36)23-21-19-17-15-12-10-8-6-4-2)26-50-57(47,48)54-33-30(38)31(39)34(52-55(41,42)43)35(32(33)40)53-56(44,45)46/h27,30-35,38-40H,25-26H2,1-2H3,(H,47,48)(H2,41,42,43)(H2,44,45,46)/t27-,30?,31-,32+,33?,34?,35+/m1/s1. The third-order valence-corrected chi connectivity index (χ3v) is 7.49. The zero-order valence-electron chi connectivity index (χ0n) is 28.9. The molecule has 1 saturated carbocycles. The quantitative estimate of drug-likeness (QED) is 0.0422. The number of hydrogen-bond acceptors (Lipinski definition) is 14. The molecule has 4 unspecified atom stereocenters. The Balaban J connectivity index is 3.22. The Hall–Kier alpha value is -5.69. The van der Waals surface area contributed by atoms with Gasteiger partial charge in [-0.15, -0.1) is 0 Å². The van der Waals surface area contributed by atoms with Crippen LogP contribution in [0.5, 0.6) is 0 Å². The summed E-state index contributed by atoms with van der Waals surface area (Å²) in [6.45, 7) is 1.05. The number of carbonyl (C=O) groups excluding carboxylic acids is 2. The maximum absolute atomic E-state index is 12.9. The van der Waals surface area contributed by atoms with Gasteiger partial charge in [-0.05, 0) is 120 Å². The molecule has 0 aliphatic heterocycles. The highest BCUT2D eigenvalue weighted by Crippen LogP contribution is 2.51. The molecule has 19 nitrogen and oxygen atoms in total. The molecular formula is C35H25O19P3. The Morgan fingerprint density at radius 2 is 0.877 bits per heavy atom. The molecule has 0 aromatic rings. The van der Waals surface area contributed by atoms with E-state index in [0.717, 1.165) is 0 Å². The third kappa shape index (κ3) is 22.5. The minimum absolute atomic E-state index is 0.933. The van der Waals surface area contributed by atoms with Crippen molar-refractivity contribution >= 4 is 35.4 Å². The predicted molar refractivity (Wildman–Crippen MR) is 190 cm³/mol. The summed E-state index contributed by atoms with van der Waals surface area (Å²) in [7, 11) is -16.9. The Morgan fingerprint density at radius 3 is 1.30 bits per heavy atom. The van der Waals surface area contributed by atoms with Crippen LogP contribution >= 0.6 is 23.5 Å². The first-order chi connectivity index (χ1) is 26.8. The van der Waals surface area contributed by atoms with Crippen LogP contribution in [-0.4, -0.2) is 108 Å². The topological polar surface area (TPSA) is 303 Å². The first kappa shape index (κ1) is 49.3. The molecule has 8 N–H and O–H groups in total. The summed E-state index contributed by atoms with van der Waals surface area (Å²) in [4.78, 5) is 71.5. The van der Waals surface area contributed by atoms with Gasteiger partial charge in [-0.1, -0.05) is 11.8 Å². The average molecular weight is 842 g/mol. The van der Waals surface area contributed by atoms with Crippen molar-refractivity contribution in [1.82, 2.24) is 0 Å². The number of rotatable bonds is 12. The molecule has 8 atom stereocenters. The zero-order chi connectivity index (χ0) is 42.9. The Morgan fingerprint density at radius 1 is 0.509 bits per heavy atom. The minimum Gasteiger partial charge on any atom is -0.452 e. The van der Waals surface area contributed by atoms with Crippen molar-refractivity contribution in [3.05, 3.63) is 0 Å². The van der Waals surface area contributed by atoms with Gasteiger partial charge in [0.25, 0.3) is 0 Å². The summed E-state index contributed by atoms with van der Waals surface area (Å²) in [5.41, 5.74) is 0. The molecule has 0 bridgehead atoms. The molecule has 0 heterocycles. The van der Waals surface area contributed by atoms with E-state index >= 15 is 0 Å². The van der Waals surface area contributed by atoms with Gasteiger partial charge in [0.2, 0.25) is 0 Å². The lowest BCUT2D eigenvalue weighted by Crippen LogP contribution is -2.65. The molecule has 294 valence electrons. The Labute approximate surface area is 325 Å². The molecule has 57 heavy (non-hydrogen) atoms. The largest absolute Gasteiger partial charge is 0.472 e. The van der Waals surface area contributed by atoms with Gasteiger partial charge >= 0.3 is 35.4 Å². The molecular weight excluding hydrogens is 817 g/mol. The highest BCUT2D eigenvalue weighted by atomic mass is 31.2. The number of phosphoric ester groups is 3. The van der Waals surface area contributed by atoms with E-state index in [4.69, 9.17) is 23.8 Å². The van der Waals surface area contributed by atoms with Crippen molar-refractivity contribution in [2.75, 3.05) is 13.2 Å². The first-order valence-corrected chi connectivity index (χ1v) is 19.3. The average Bonchev–Trinajstić information content (AvgIpc) is 3.12. The third-order valence-electron chi connectivity index (χ3n) is 5.47. The highest BCUT2D eigenvalue weighted by Gasteiger charge is 2.56. The van der Waals surface area contributed by atoms with Gasteiger partial charge in [0, 0.05) is 11.8 Å². The number of phosphoric acid groups is 3. The smallest absolute Gasteiger partial charge is 0.452 e. The second kappa shape index (κ2) is 25.5. The summed E-state index contributed by atoms with van der Waals surface area (Å²) in [5, 5.41) is 31.4. The number of ether oxygens (including phenoxy) is 2. The normalized spacial score (nSPS) is 20.1. The van der Waals surface area contributed by atoms with Crippen LogP contribution < -0.4 is 0 Å². The van der Waals surface area contributed by atoms with Gasteiger partial charge < -0.3 is 49.3 Å². The second-order valence-electron chi connectivity index (χ2n) is 9.55. The van der Waals surface area contributed by atoms with E-state index in [0.29, 0.717) is 0 Å². The zero-order valence-corrected chi connectivity index (χ0v) is 31.5. The molecule has 1 aliphatic carbocycles. The number of carbonyl (C=O) groups is 2. The maximum atomic E-state index is 12.9. The number of aliphatic hydroxyl groups excluding tert-OH is 3. The fourth-order valence-electron chi connectivity index (χ4n) is 3.44. The highest BCUT2D eigenvalue weighted by molar-refractivity contribution is 7.47. The van der Waals surface area contributed by atoms with E-state index in [1.165, 1.54) is 0 Å². The SMILES string of the molecule is CC#CC#CC#CC#CC#CC#CC(=O)O[C@H](COC(=O)C#CC#CC#CC#CC#CC)COP(=O)(O)OC1C(O)[C@@H](O)C(OP(=O)(O)O)[C@@H](OP(=O)(O)O)[C@H]1O. The molecule has 0 radical (unpaired) electrons. The molecule has 0 spiro atoms. The van der Waals surface area contributed by atoms with Gasteiger partial charge in [-0.2, -0.15) is 0 Å². The van der Waals surface area contributed by atoms with E-state index in [-0.39, 0.29) is 0 Å². The van der Waals surface area contributed by atoms with Crippen molar-refractivity contribution in [1.29, 1.82) is 0 Å². The summed E-state index contributed by atoms with van der Waals surface area (Å²) >= 11 is 0. The molecule has 1 fully saturated rings. The van der Waals surface area contributed by atoms with Crippen molar-refractivity contribution in [3.8, 4) is 130 Å². The Kier molecular flexibility index (Phi) is 22.0. The van der Waals surface area contributed by atoms with Crippen molar-refractivity contribution in [3.63, 3.8) is 0 Å². The van der Waals surface area contributed by atoms with Crippen LogP contribution in [0, 0.1) is 130 Å². The monoisotopic (exact) mass is 842 g/mol. The van der Waals surface area contributed by atoms with Crippen LogP contribution in [0.4, 0.5) is 0 Å². The van der Waals surface area contributed by atoms with Crippen LogP contribution in [0.25, 0.3) is 0 Å². The summed E-state index contributed by atoms with van der Waals surface area (Å²) in [6, 6.07) is 0. The van der Waals surface area contributed by atoms with Crippen LogP contribution in [0.15, 0.2) is 0 Å². The van der Waals surface area contributed by atoms with E-state index in [1.807, 2.05) is 11.8 Å². The number of aliphatic hydroxyl groups is 3. The molecule has 0 aromatic carbocycles. The van der Waals surface area contributed by atoms with Gasteiger partial charge in [0.1, 0.15) is 43.2 Å². The summed E-state index contributed by atoms with van der Waals surface area (Å²) < 4.78 is 63.4. The van der Waals surface area contributed by atoms with Gasteiger partial charge in [-0.3, -0.25) is 18.1 Å². The van der Waals surface area contributed by atoms with E-state index < -0.39 is 91.3 Å². The number of hydrogen-bond donors (Lipinski definition) is 8. The van der Waals surface area contributed by atoms with Gasteiger partial charge in [0.05, 0.1) is 6.61 Å². The maximum Gasteiger partial charge on any atom is 0.472 e. The number of esters is 2. The van der Waals surface area contributed by atoms with Crippen molar-refractivity contribution < 1.29 is 90.6 Å². The molecule has 1 aliphatic rings. The van der Waals surface area contributed by atoms with Crippen LogP contribution in [0.3, 0.4) is 0 Å². The lowest BCUT2D eigenvalue weighted by molar-refractivity contribution is -0.213. The molecule has 0 aromatic heterocycles. The minimum atomic E-state index is -5.66. The fraction of sp³-hybridized carbons (Fsp3) is 0.314. The first-order valence-electron chi connectivity index (χ1n) is 14.7. The van der Waals surface area contributed by atoms with Crippen LogP contribution in [-0.2, 0) is 50.9 Å². The fourth-order valence-corrected chi connectivity index (χ4v) is 5.54. The lowest BCUT2D eigenvalue weighted by Gasteiger charge is -2.44. The van der Waals surface area contributed by atoms with Gasteiger partial charge in [-0.25, -0.2) is 23.3 Å². The summed E-state index contributed by atoms with van der Waals surface area (Å²) in [5.74, 6) is 47.9. The lowest BCUT2D eigenvalue weighted by atomic mass is 9.85.